The third-order valence-corrected chi connectivity index (χ3v) is 9.65. The number of methoxy groups -OCH3 is 1. The van der Waals surface area contributed by atoms with E-state index < -0.39 is 71.8 Å². The lowest BCUT2D eigenvalue weighted by Crippen LogP contribution is -2.41. The summed E-state index contributed by atoms with van der Waals surface area (Å²) >= 11 is 0. The van der Waals surface area contributed by atoms with Gasteiger partial charge >= 0.3 is 35.1 Å². The van der Waals surface area contributed by atoms with E-state index in [0.717, 1.165) is 24.8 Å². The van der Waals surface area contributed by atoms with E-state index >= 15 is 0 Å². The number of phosphoric acid groups is 3. The summed E-state index contributed by atoms with van der Waals surface area (Å²) in [5.41, 5.74) is -1.00. The highest BCUT2D eigenvalue weighted by molar-refractivity contribution is 7.66. The van der Waals surface area contributed by atoms with Crippen LogP contribution in [0.4, 0.5) is 0 Å². The van der Waals surface area contributed by atoms with Gasteiger partial charge < -0.3 is 44.1 Å². The van der Waals surface area contributed by atoms with Gasteiger partial charge in [-0.2, -0.15) is 8.62 Å². The van der Waals surface area contributed by atoms with Crippen LogP contribution >= 0.6 is 23.5 Å². The zero-order valence-corrected chi connectivity index (χ0v) is 26.1. The fraction of sp³-hybridized carbons (Fsp3) is 0.550. The number of H-pyrrole nitrogens is 2. The maximum absolute atomic E-state index is 12.8. The summed E-state index contributed by atoms with van der Waals surface area (Å²) in [6.07, 6.45) is -1.15. The third-order valence-electron chi connectivity index (χ3n) is 5.84. The molecule has 0 spiro atoms. The van der Waals surface area contributed by atoms with Crippen molar-refractivity contribution in [3.63, 3.8) is 0 Å². The predicted octanol–water partition coefficient (Wildman–Crippen LogP) is -1.26. The zero-order valence-electron chi connectivity index (χ0n) is 23.4. The molecule has 6 atom stereocenters. The number of imidazole rings is 1. The molecular weight excluding hydrogens is 675 g/mol. The Hall–Kier alpha value is -2.84. The molecule has 1 fully saturated rings. The Morgan fingerprint density at radius 3 is 2.42 bits per heavy atom. The Bertz CT molecular complexity index is 1600. The van der Waals surface area contributed by atoms with Crippen molar-refractivity contribution in [2.45, 2.75) is 50.7 Å². The Labute approximate surface area is 252 Å². The number of nitrogens with zero attached hydrogens (tertiary/aromatic N) is 2. The average Bonchev–Trinajstić information content (AvgIpc) is 3.51. The smallest absolute Gasteiger partial charge is 0.457 e. The maximum Gasteiger partial charge on any atom is 0.490 e. The lowest BCUT2D eigenvalue weighted by atomic mass is 10.1. The Morgan fingerprint density at radius 1 is 1.11 bits per heavy atom. The standard InChI is InChI=1S/C20H30N5O17P3/c1-11(26)39-16-14(9-38-44(33,34)42-45(35,36)41-43(30,31)32)40-19(17(16)37-2)25-8-12(18(28)24-20(25)29)4-3-5-22-15(27)6-13-7-21-10-23-13/h7-8,10,14,16-17,19H,3-6,9H2,1-2H3,(H,21,23)(H,22,27)(H,33,34)(H,35,36)(H,24,28,29)(H2,30,31,32)/t14-,16-,17-,19-/m1/s1. The summed E-state index contributed by atoms with van der Waals surface area (Å²) < 4.78 is 63.8. The number of hydrogen-bond acceptors (Lipinski definition) is 14. The zero-order chi connectivity index (χ0) is 33.6. The highest BCUT2D eigenvalue weighted by atomic mass is 31.3. The van der Waals surface area contributed by atoms with Crippen molar-refractivity contribution in [1.82, 2.24) is 24.8 Å². The summed E-state index contributed by atoms with van der Waals surface area (Å²) in [6, 6.07) is 0. The van der Waals surface area contributed by atoms with Crippen LogP contribution in [0.2, 0.25) is 0 Å². The van der Waals surface area contributed by atoms with Crippen molar-refractivity contribution in [1.29, 1.82) is 0 Å². The molecule has 2 aromatic heterocycles. The number of aromatic amines is 2. The van der Waals surface area contributed by atoms with Crippen molar-refractivity contribution in [3.8, 4) is 0 Å². The number of nitrogens with one attached hydrogen (secondary N) is 3. The first kappa shape index (κ1) is 36.6. The Kier molecular flexibility index (Phi) is 12.3. The minimum Gasteiger partial charge on any atom is -0.457 e. The maximum atomic E-state index is 12.8. The molecule has 252 valence electrons. The summed E-state index contributed by atoms with van der Waals surface area (Å²) in [7, 11) is -15.9. The van der Waals surface area contributed by atoms with Crippen molar-refractivity contribution in [2.24, 2.45) is 0 Å². The number of carbonyl (C=O) groups excluding carboxylic acids is 2. The van der Waals surface area contributed by atoms with Crippen molar-refractivity contribution < 1.29 is 70.2 Å². The second-order valence-electron chi connectivity index (χ2n) is 9.25. The molecule has 1 amide bonds. The molecule has 25 heteroatoms. The molecule has 1 saturated heterocycles. The molecular formula is C20H30N5O17P3. The van der Waals surface area contributed by atoms with Crippen LogP contribution in [0.3, 0.4) is 0 Å². The van der Waals surface area contributed by atoms with Crippen LogP contribution in [0.5, 0.6) is 0 Å². The van der Waals surface area contributed by atoms with Crippen LogP contribution in [0.1, 0.15) is 30.8 Å². The van der Waals surface area contributed by atoms with E-state index in [1.165, 1.54) is 12.5 Å². The number of phosphoric ester groups is 1. The van der Waals surface area contributed by atoms with Crippen molar-refractivity contribution in [3.05, 3.63) is 50.8 Å². The molecule has 0 aliphatic carbocycles. The number of aromatic nitrogens is 4. The molecule has 3 heterocycles. The largest absolute Gasteiger partial charge is 0.490 e. The summed E-state index contributed by atoms with van der Waals surface area (Å²) in [5, 5.41) is 2.68. The first-order valence-corrected chi connectivity index (χ1v) is 17.1. The predicted molar refractivity (Wildman–Crippen MR) is 145 cm³/mol. The monoisotopic (exact) mass is 705 g/mol. The van der Waals surface area contributed by atoms with Gasteiger partial charge in [0.1, 0.15) is 12.2 Å². The molecule has 0 saturated carbocycles. The number of esters is 1. The number of aryl methyl sites for hydroxylation is 1. The number of ether oxygens (including phenoxy) is 3. The average molecular weight is 705 g/mol. The fourth-order valence-corrected chi connectivity index (χ4v) is 7.17. The molecule has 0 bridgehead atoms. The molecule has 2 aromatic rings. The van der Waals surface area contributed by atoms with E-state index in [1.54, 1.807) is 0 Å². The van der Waals surface area contributed by atoms with Crippen LogP contribution in [-0.2, 0) is 63.5 Å². The summed E-state index contributed by atoms with van der Waals surface area (Å²) in [4.78, 5) is 94.3. The molecule has 1 aliphatic rings. The topological polar surface area (TPSA) is 317 Å². The second-order valence-corrected chi connectivity index (χ2v) is 13.7. The third kappa shape index (κ3) is 11.2. The molecule has 45 heavy (non-hydrogen) atoms. The van der Waals surface area contributed by atoms with Gasteiger partial charge in [0.15, 0.2) is 12.3 Å². The molecule has 0 aromatic carbocycles. The van der Waals surface area contributed by atoms with Gasteiger partial charge in [0.05, 0.1) is 19.4 Å². The van der Waals surface area contributed by atoms with Crippen LogP contribution < -0.4 is 16.6 Å². The van der Waals surface area contributed by atoms with Gasteiger partial charge in [-0.1, -0.05) is 0 Å². The van der Waals surface area contributed by atoms with E-state index in [2.05, 4.69) is 33.4 Å². The van der Waals surface area contributed by atoms with Gasteiger partial charge in [0, 0.05) is 44.2 Å². The van der Waals surface area contributed by atoms with Crippen molar-refractivity contribution >= 4 is 35.3 Å². The normalized spacial score (nSPS) is 22.8. The van der Waals surface area contributed by atoms with Crippen LogP contribution in [-0.4, -0.2) is 89.5 Å². The molecule has 0 radical (unpaired) electrons. The fourth-order valence-electron chi connectivity index (χ4n) is 4.14. The molecule has 7 N–H and O–H groups in total. The van der Waals surface area contributed by atoms with E-state index in [4.69, 9.17) is 24.0 Å². The van der Waals surface area contributed by atoms with Crippen molar-refractivity contribution in [2.75, 3.05) is 20.3 Å². The molecule has 3 rings (SSSR count). The quantitative estimate of drug-likeness (QED) is 0.0608. The van der Waals surface area contributed by atoms with Gasteiger partial charge in [-0.25, -0.2) is 23.5 Å². The minimum atomic E-state index is -5.82. The van der Waals surface area contributed by atoms with Crippen LogP contribution in [0.15, 0.2) is 28.3 Å². The SMILES string of the molecule is CO[C@@H]1[C@H](OC(C)=O)[C@@H](COP(=O)(O)OP(=O)(O)OP(=O)(O)O)O[C@H]1n1cc(CCCNC(=O)Cc2cnc[nH]2)c(=O)[nH]c1=O. The first-order valence-electron chi connectivity index (χ1n) is 12.6. The number of hydrogen-bond donors (Lipinski definition) is 7. The van der Waals surface area contributed by atoms with Gasteiger partial charge in [0.2, 0.25) is 5.91 Å². The molecule has 2 unspecified atom stereocenters. The van der Waals surface area contributed by atoms with Crippen LogP contribution in [0, 0.1) is 0 Å². The van der Waals surface area contributed by atoms with Gasteiger partial charge in [0.25, 0.3) is 5.56 Å². The highest BCUT2D eigenvalue weighted by Crippen LogP contribution is 2.66. The lowest BCUT2D eigenvalue weighted by molar-refractivity contribution is -0.154. The summed E-state index contributed by atoms with van der Waals surface area (Å²) in [5.74, 6) is -1.17. The number of carbonyl (C=O) groups is 2. The lowest BCUT2D eigenvalue weighted by Gasteiger charge is -2.23. The Balaban J connectivity index is 1.74. The van der Waals surface area contributed by atoms with E-state index in [0.29, 0.717) is 5.69 Å². The van der Waals surface area contributed by atoms with Gasteiger partial charge in [-0.3, -0.25) is 28.5 Å². The molecule has 22 nitrogen and oxygen atoms in total. The van der Waals surface area contributed by atoms with E-state index in [9.17, 15) is 42.7 Å². The van der Waals surface area contributed by atoms with E-state index in [1.807, 2.05) is 0 Å². The second kappa shape index (κ2) is 15.2. The minimum absolute atomic E-state index is 0.0651. The first-order chi connectivity index (χ1) is 20.9. The van der Waals surface area contributed by atoms with E-state index in [-0.39, 0.29) is 37.3 Å². The Morgan fingerprint density at radius 2 is 1.82 bits per heavy atom. The number of amides is 1. The van der Waals surface area contributed by atoms with Gasteiger partial charge in [-0.05, 0) is 12.8 Å². The van der Waals surface area contributed by atoms with Crippen LogP contribution in [0.25, 0.3) is 0 Å². The number of rotatable bonds is 16. The van der Waals surface area contributed by atoms with Gasteiger partial charge in [-0.15, -0.1) is 0 Å². The highest BCUT2D eigenvalue weighted by Gasteiger charge is 2.50. The summed E-state index contributed by atoms with van der Waals surface area (Å²) in [6.45, 7) is 0.169. The molecule has 1 aliphatic heterocycles.